The zero-order valence-corrected chi connectivity index (χ0v) is 20.1. The second-order valence-corrected chi connectivity index (χ2v) is 9.12. The number of non-ortho nitro benzene ring substituents is 1. The second kappa shape index (κ2) is 10.1. The molecule has 0 saturated carbocycles. The highest BCUT2D eigenvalue weighted by atomic mass is 32.2. The zero-order valence-electron chi connectivity index (χ0n) is 19.3. The molecule has 1 aliphatic heterocycles. The molecule has 0 fully saturated rings. The minimum atomic E-state index is -0.539. The predicted molar refractivity (Wildman–Crippen MR) is 127 cm³/mol. The van der Waals surface area contributed by atoms with Gasteiger partial charge in [0, 0.05) is 30.3 Å². The lowest BCUT2D eigenvalue weighted by Crippen LogP contribution is -2.33. The van der Waals surface area contributed by atoms with Crippen LogP contribution in [-0.4, -0.2) is 43.9 Å². The molecule has 0 spiro atoms. The third kappa shape index (κ3) is 5.27. The number of nitrogens with zero attached hydrogens (tertiary/aromatic N) is 4. The van der Waals surface area contributed by atoms with E-state index in [1.807, 2.05) is 13.8 Å². The van der Waals surface area contributed by atoms with Crippen molar-refractivity contribution in [2.75, 3.05) is 12.5 Å². The first kappa shape index (κ1) is 24.2. The Morgan fingerprint density at radius 2 is 1.91 bits per heavy atom. The lowest BCUT2D eigenvalue weighted by Gasteiger charge is -2.21. The van der Waals surface area contributed by atoms with E-state index in [0.717, 1.165) is 0 Å². The quantitative estimate of drug-likeness (QED) is 0.203. The van der Waals surface area contributed by atoms with Gasteiger partial charge in [0.2, 0.25) is 6.79 Å². The summed E-state index contributed by atoms with van der Waals surface area (Å²) < 4.78 is 12.4. The van der Waals surface area contributed by atoms with Gasteiger partial charge in [0.05, 0.1) is 16.7 Å². The summed E-state index contributed by atoms with van der Waals surface area (Å²) in [6.45, 7) is 4.04. The minimum absolute atomic E-state index is 0.000195. The third-order valence-electron chi connectivity index (χ3n) is 5.45. The van der Waals surface area contributed by atoms with Crippen LogP contribution >= 0.6 is 11.8 Å². The van der Waals surface area contributed by atoms with Crippen molar-refractivity contribution in [3.8, 4) is 11.5 Å². The van der Waals surface area contributed by atoms with E-state index in [-0.39, 0.29) is 41.4 Å². The first-order valence-electron chi connectivity index (χ1n) is 10.7. The molecule has 3 aromatic rings. The van der Waals surface area contributed by atoms with Gasteiger partial charge in [0.25, 0.3) is 11.6 Å². The monoisotopic (exact) mass is 497 g/mol. The predicted octanol–water partition coefficient (Wildman–Crippen LogP) is 3.55. The number of aromatic nitrogens is 3. The number of ketones is 1. The molecule has 1 N–H and O–H groups in total. The Morgan fingerprint density at radius 1 is 1.14 bits per heavy atom. The SMILES string of the molecule is CC(C)[C@@H](NC(=O)c1ccc2c(c1)OCO2)c1nnc(SCC(=O)c2cccc([N+](=O)[O-])c2)n1C. The van der Waals surface area contributed by atoms with Gasteiger partial charge < -0.3 is 19.4 Å². The summed E-state index contributed by atoms with van der Waals surface area (Å²) in [6, 6.07) is 10.2. The number of nitro groups is 1. The summed E-state index contributed by atoms with van der Waals surface area (Å²) in [7, 11) is 1.76. The highest BCUT2D eigenvalue weighted by molar-refractivity contribution is 7.99. The fourth-order valence-electron chi connectivity index (χ4n) is 3.52. The van der Waals surface area contributed by atoms with E-state index >= 15 is 0 Å². The highest BCUT2D eigenvalue weighted by Gasteiger charge is 2.26. The van der Waals surface area contributed by atoms with Crippen LogP contribution in [0.4, 0.5) is 5.69 Å². The van der Waals surface area contributed by atoms with Crippen LogP contribution in [0.3, 0.4) is 0 Å². The van der Waals surface area contributed by atoms with Crippen LogP contribution in [-0.2, 0) is 7.05 Å². The van der Waals surface area contributed by atoms with Crippen molar-refractivity contribution in [1.82, 2.24) is 20.1 Å². The molecule has 2 heterocycles. The summed E-state index contributed by atoms with van der Waals surface area (Å²) in [5.41, 5.74) is 0.545. The van der Waals surface area contributed by atoms with Gasteiger partial charge in [0.15, 0.2) is 28.3 Å². The molecule has 12 heteroatoms. The number of rotatable bonds is 9. The van der Waals surface area contributed by atoms with Crippen LogP contribution < -0.4 is 14.8 Å². The van der Waals surface area contributed by atoms with E-state index in [1.165, 1.54) is 30.0 Å². The molecule has 11 nitrogen and oxygen atoms in total. The number of hydrogen-bond acceptors (Lipinski definition) is 9. The van der Waals surface area contributed by atoms with Gasteiger partial charge in [-0.3, -0.25) is 19.7 Å². The Hall–Kier alpha value is -3.93. The molecule has 1 aliphatic rings. The molecular weight excluding hydrogens is 474 g/mol. The van der Waals surface area contributed by atoms with Crippen LogP contribution in [0.1, 0.15) is 46.4 Å². The van der Waals surface area contributed by atoms with Gasteiger partial charge >= 0.3 is 0 Å². The largest absolute Gasteiger partial charge is 0.454 e. The van der Waals surface area contributed by atoms with Crippen molar-refractivity contribution in [3.05, 3.63) is 69.5 Å². The Bertz CT molecular complexity index is 1290. The average molecular weight is 498 g/mol. The van der Waals surface area contributed by atoms with E-state index in [2.05, 4.69) is 15.5 Å². The maximum absolute atomic E-state index is 12.9. The standard InChI is InChI=1S/C23H23N5O6S/c1-13(2)20(24-22(30)15-7-8-18-19(10-15)34-12-33-18)21-25-26-23(27(21)3)35-11-17(29)14-5-4-6-16(9-14)28(31)32/h4-10,13,20H,11-12H2,1-3H3,(H,24,30)/t20-/m1/s1. The third-order valence-corrected chi connectivity index (χ3v) is 6.47. The summed E-state index contributed by atoms with van der Waals surface area (Å²) in [5, 5.41) is 22.9. The van der Waals surface area contributed by atoms with Crippen molar-refractivity contribution in [3.63, 3.8) is 0 Å². The zero-order chi connectivity index (χ0) is 25.1. The van der Waals surface area contributed by atoms with Gasteiger partial charge in [-0.15, -0.1) is 10.2 Å². The molecule has 0 aliphatic carbocycles. The molecule has 0 saturated heterocycles. The lowest BCUT2D eigenvalue weighted by molar-refractivity contribution is -0.384. The summed E-state index contributed by atoms with van der Waals surface area (Å²) in [5.74, 6) is 1.13. The maximum atomic E-state index is 12.9. The molecule has 0 bridgehead atoms. The van der Waals surface area contributed by atoms with Crippen molar-refractivity contribution < 1.29 is 24.0 Å². The molecule has 1 amide bonds. The van der Waals surface area contributed by atoms with Gasteiger partial charge in [-0.2, -0.15) is 0 Å². The van der Waals surface area contributed by atoms with E-state index < -0.39 is 11.0 Å². The molecular formula is C23H23N5O6S. The fourth-order valence-corrected chi connectivity index (χ4v) is 4.33. The number of nitro benzene ring substituents is 1. The first-order valence-corrected chi connectivity index (χ1v) is 11.7. The normalized spacial score (nSPS) is 13.0. The topological polar surface area (TPSA) is 138 Å². The van der Waals surface area contributed by atoms with E-state index in [1.54, 1.807) is 35.9 Å². The Labute approximate surface area is 205 Å². The Morgan fingerprint density at radius 3 is 2.66 bits per heavy atom. The van der Waals surface area contributed by atoms with Crippen LogP contribution in [0.15, 0.2) is 47.6 Å². The molecule has 182 valence electrons. The van der Waals surface area contributed by atoms with Gasteiger partial charge in [0.1, 0.15) is 0 Å². The number of fused-ring (bicyclic) bond motifs is 1. The van der Waals surface area contributed by atoms with Gasteiger partial charge in [-0.05, 0) is 24.1 Å². The van der Waals surface area contributed by atoms with Crippen LogP contribution in [0.2, 0.25) is 0 Å². The molecule has 0 radical (unpaired) electrons. The number of benzene rings is 2. The van der Waals surface area contributed by atoms with E-state index in [4.69, 9.17) is 9.47 Å². The lowest BCUT2D eigenvalue weighted by atomic mass is 10.0. The number of carbonyl (C=O) groups excluding carboxylic acids is 2. The van der Waals surface area contributed by atoms with Crippen molar-refractivity contribution in [1.29, 1.82) is 0 Å². The fraction of sp³-hybridized carbons (Fsp3) is 0.304. The molecule has 1 aromatic heterocycles. The summed E-state index contributed by atoms with van der Waals surface area (Å²) in [6.07, 6.45) is 0. The number of carbonyl (C=O) groups is 2. The summed E-state index contributed by atoms with van der Waals surface area (Å²) in [4.78, 5) is 35.9. The number of amides is 1. The smallest absolute Gasteiger partial charge is 0.270 e. The van der Waals surface area contributed by atoms with Crippen molar-refractivity contribution >= 4 is 29.1 Å². The highest BCUT2D eigenvalue weighted by Crippen LogP contribution is 2.33. The minimum Gasteiger partial charge on any atom is -0.454 e. The number of thioether (sulfide) groups is 1. The van der Waals surface area contributed by atoms with Crippen molar-refractivity contribution in [2.24, 2.45) is 13.0 Å². The summed E-state index contributed by atoms with van der Waals surface area (Å²) >= 11 is 1.17. The van der Waals surface area contributed by atoms with E-state index in [9.17, 15) is 19.7 Å². The van der Waals surface area contributed by atoms with Crippen LogP contribution in [0, 0.1) is 16.0 Å². The average Bonchev–Trinajstić information content (AvgIpc) is 3.46. The molecule has 4 rings (SSSR count). The van der Waals surface area contributed by atoms with Crippen LogP contribution in [0.5, 0.6) is 11.5 Å². The second-order valence-electron chi connectivity index (χ2n) is 8.18. The number of nitrogens with one attached hydrogen (secondary N) is 1. The number of hydrogen-bond donors (Lipinski definition) is 1. The number of Topliss-reactive ketones (excluding diaryl/α,β-unsaturated/α-hetero) is 1. The maximum Gasteiger partial charge on any atom is 0.270 e. The molecule has 35 heavy (non-hydrogen) atoms. The molecule has 1 atom stereocenters. The van der Waals surface area contributed by atoms with Gasteiger partial charge in [-0.25, -0.2) is 0 Å². The van der Waals surface area contributed by atoms with Gasteiger partial charge in [-0.1, -0.05) is 37.7 Å². The Balaban J connectivity index is 1.45. The number of ether oxygens (including phenoxy) is 2. The van der Waals surface area contributed by atoms with E-state index in [0.29, 0.717) is 28.0 Å². The molecule has 2 aromatic carbocycles. The Kier molecular flexibility index (Phi) is 7.01. The first-order chi connectivity index (χ1) is 16.7. The van der Waals surface area contributed by atoms with Crippen LogP contribution in [0.25, 0.3) is 0 Å². The molecule has 0 unspecified atom stereocenters. The van der Waals surface area contributed by atoms with Crippen molar-refractivity contribution in [2.45, 2.75) is 25.0 Å².